The van der Waals surface area contributed by atoms with Gasteiger partial charge in [-0.2, -0.15) is 0 Å². The number of Topliss-reactive ketones (excluding diaryl/α,β-unsaturated/α-hetero) is 1. The Bertz CT molecular complexity index is 1020. The Hall–Kier alpha value is -2.10. The molecule has 0 saturated carbocycles. The average molecular weight is 399 g/mol. The summed E-state index contributed by atoms with van der Waals surface area (Å²) in [4.78, 5) is 12.3. The van der Waals surface area contributed by atoms with E-state index in [1.807, 2.05) is 12.3 Å². The van der Waals surface area contributed by atoms with E-state index >= 15 is 0 Å². The van der Waals surface area contributed by atoms with E-state index in [-0.39, 0.29) is 18.2 Å². The zero-order chi connectivity index (χ0) is 19.9. The third-order valence-electron chi connectivity index (χ3n) is 5.71. The van der Waals surface area contributed by atoms with Crippen molar-refractivity contribution in [2.24, 2.45) is 0 Å². The lowest BCUT2D eigenvalue weighted by molar-refractivity contribution is -0.0000141. The summed E-state index contributed by atoms with van der Waals surface area (Å²) in [5.41, 5.74) is 8.33. The molecule has 150 valence electrons. The van der Waals surface area contributed by atoms with Gasteiger partial charge in [0, 0.05) is 36.2 Å². The molecule has 0 radical (unpaired) electrons. The maximum atomic E-state index is 12.3. The van der Waals surface area contributed by atoms with Gasteiger partial charge in [-0.1, -0.05) is 25.1 Å². The summed E-state index contributed by atoms with van der Waals surface area (Å²) in [5, 5.41) is 0. The van der Waals surface area contributed by atoms with Crippen LogP contribution < -0.4 is 16.9 Å². The summed E-state index contributed by atoms with van der Waals surface area (Å²) in [5.74, 6) is 0.445. The predicted molar refractivity (Wildman–Crippen MR) is 115 cm³/mol. The number of benzene rings is 1. The number of halogens is 1. The quantitative estimate of drug-likeness (QED) is 0.478. The highest BCUT2D eigenvalue weighted by atomic mass is 35.5. The van der Waals surface area contributed by atoms with Crippen molar-refractivity contribution in [1.82, 2.24) is 8.88 Å². The van der Waals surface area contributed by atoms with Crippen molar-refractivity contribution < 1.29 is 17.2 Å². The molecule has 1 unspecified atom stereocenters. The molecule has 0 fully saturated rings. The summed E-state index contributed by atoms with van der Waals surface area (Å²) >= 11 is 0. The predicted octanol–water partition coefficient (Wildman–Crippen LogP) is 2.44. The van der Waals surface area contributed by atoms with E-state index in [0.717, 1.165) is 27.8 Å². The number of carbonyl (C=O) groups excluding carboxylic acids is 1. The Kier molecular flexibility index (Phi) is 6.42. The van der Waals surface area contributed by atoms with E-state index in [4.69, 9.17) is 0 Å². The van der Waals surface area contributed by atoms with Gasteiger partial charge in [0.1, 0.15) is 5.69 Å². The lowest BCUT2D eigenvalue weighted by Gasteiger charge is -2.33. The fourth-order valence-corrected chi connectivity index (χ4v) is 4.66. The molecule has 0 bridgehead atoms. The molecule has 1 aromatic carbocycles. The molecule has 0 aliphatic rings. The first kappa shape index (κ1) is 22.2. The number of fused-ring (bicyclic) bond motifs is 1. The second kappa shape index (κ2) is 8.10. The van der Waals surface area contributed by atoms with E-state index in [1.165, 1.54) is 22.4 Å². The standard InChI is InChI=1S/C24H31N2O.ClH/c1-16-11-12-17(2)22(14-16)26(6,7)15-18(3)23-19(4)24(20(5)27)25-13-9-8-10-21(23)25;/h8-14,18H,15H2,1-7H3;1H/q+1;/p-1. The van der Waals surface area contributed by atoms with E-state index in [9.17, 15) is 4.79 Å². The molecule has 28 heavy (non-hydrogen) atoms. The topological polar surface area (TPSA) is 21.5 Å². The van der Waals surface area contributed by atoms with Crippen LogP contribution >= 0.6 is 0 Å². The molecular weight excluding hydrogens is 368 g/mol. The Morgan fingerprint density at radius 1 is 1.11 bits per heavy atom. The maximum Gasteiger partial charge on any atom is 0.176 e. The van der Waals surface area contributed by atoms with Crippen molar-refractivity contribution in [3.63, 3.8) is 0 Å². The second-order valence-electron chi connectivity index (χ2n) is 8.46. The lowest BCUT2D eigenvalue weighted by Crippen LogP contribution is -3.00. The largest absolute Gasteiger partial charge is 1.00 e. The molecule has 3 aromatic rings. The van der Waals surface area contributed by atoms with E-state index < -0.39 is 0 Å². The van der Waals surface area contributed by atoms with Crippen molar-refractivity contribution >= 4 is 17.0 Å². The van der Waals surface area contributed by atoms with Crippen molar-refractivity contribution in [2.75, 3.05) is 20.6 Å². The highest BCUT2D eigenvalue weighted by Gasteiger charge is 2.29. The lowest BCUT2D eigenvalue weighted by atomic mass is 9.95. The number of aryl methyl sites for hydroxylation is 2. The summed E-state index contributed by atoms with van der Waals surface area (Å²) in [7, 11) is 4.55. The fraction of sp³-hybridized carbons (Fsp3) is 0.375. The first-order chi connectivity index (χ1) is 12.6. The molecule has 4 heteroatoms. The summed E-state index contributed by atoms with van der Waals surface area (Å²) in [6.45, 7) is 11.3. The van der Waals surface area contributed by atoms with Crippen LogP contribution in [0.1, 0.15) is 52.5 Å². The first-order valence-corrected chi connectivity index (χ1v) is 9.64. The number of pyridine rings is 1. The van der Waals surface area contributed by atoms with Gasteiger partial charge in [-0.15, -0.1) is 0 Å². The number of hydrogen-bond acceptors (Lipinski definition) is 1. The Morgan fingerprint density at radius 2 is 1.79 bits per heavy atom. The van der Waals surface area contributed by atoms with Crippen LogP contribution in [-0.2, 0) is 0 Å². The van der Waals surface area contributed by atoms with Gasteiger partial charge in [0.15, 0.2) is 5.78 Å². The molecule has 0 aliphatic carbocycles. The van der Waals surface area contributed by atoms with Crippen LogP contribution in [0.4, 0.5) is 5.69 Å². The molecule has 1 atom stereocenters. The van der Waals surface area contributed by atoms with Crippen molar-refractivity contribution in [3.8, 4) is 0 Å². The summed E-state index contributed by atoms with van der Waals surface area (Å²) in [6, 6.07) is 12.9. The smallest absolute Gasteiger partial charge is 0.176 e. The Balaban J connectivity index is 0.00000280. The van der Waals surface area contributed by atoms with Crippen LogP contribution in [-0.4, -0.2) is 30.8 Å². The maximum absolute atomic E-state index is 12.3. The Labute approximate surface area is 175 Å². The van der Waals surface area contributed by atoms with Gasteiger partial charge in [0.05, 0.1) is 26.3 Å². The van der Waals surface area contributed by atoms with Crippen LogP contribution in [0.25, 0.3) is 5.52 Å². The van der Waals surface area contributed by atoms with Crippen LogP contribution in [0.2, 0.25) is 0 Å². The normalized spacial score (nSPS) is 12.7. The minimum absolute atomic E-state index is 0. The Morgan fingerprint density at radius 3 is 2.43 bits per heavy atom. The number of aromatic nitrogens is 1. The van der Waals surface area contributed by atoms with Gasteiger partial charge in [-0.25, -0.2) is 0 Å². The van der Waals surface area contributed by atoms with E-state index in [1.54, 1.807) is 6.92 Å². The number of likely N-dealkylation sites (N-methyl/N-ethyl adjacent to an activating group) is 1. The zero-order valence-corrected chi connectivity index (χ0v) is 18.8. The summed E-state index contributed by atoms with van der Waals surface area (Å²) < 4.78 is 2.87. The highest BCUT2D eigenvalue weighted by molar-refractivity contribution is 5.96. The van der Waals surface area contributed by atoms with E-state index in [0.29, 0.717) is 5.92 Å². The summed E-state index contributed by atoms with van der Waals surface area (Å²) in [6.07, 6.45) is 2.00. The molecular formula is C24H31ClN2O. The second-order valence-corrected chi connectivity index (χ2v) is 8.46. The molecule has 3 nitrogen and oxygen atoms in total. The molecule has 2 heterocycles. The average Bonchev–Trinajstić information content (AvgIpc) is 2.88. The van der Waals surface area contributed by atoms with E-state index in [2.05, 4.69) is 76.5 Å². The molecule has 0 N–H and O–H groups in total. The molecule has 2 aromatic heterocycles. The van der Waals surface area contributed by atoms with Crippen LogP contribution in [0.5, 0.6) is 0 Å². The highest BCUT2D eigenvalue weighted by Crippen LogP contribution is 2.34. The number of nitrogens with zero attached hydrogens (tertiary/aromatic N) is 2. The molecule has 0 spiro atoms. The minimum atomic E-state index is 0. The number of ketones is 1. The first-order valence-electron chi connectivity index (χ1n) is 9.64. The molecule has 0 saturated heterocycles. The number of quaternary nitrogens is 1. The van der Waals surface area contributed by atoms with Gasteiger partial charge >= 0.3 is 0 Å². The van der Waals surface area contributed by atoms with Crippen molar-refractivity contribution in [1.29, 1.82) is 0 Å². The van der Waals surface area contributed by atoms with Crippen LogP contribution in [0.15, 0.2) is 42.6 Å². The van der Waals surface area contributed by atoms with Crippen molar-refractivity contribution in [2.45, 2.75) is 40.5 Å². The SMILES string of the molecule is CC(=O)c1c(C)c(C(C)C[N+](C)(C)c2cc(C)ccc2C)c2ccccn12.[Cl-]. The van der Waals surface area contributed by atoms with Gasteiger partial charge in [0.25, 0.3) is 0 Å². The molecule has 0 amide bonds. The fourth-order valence-electron chi connectivity index (χ4n) is 4.66. The molecule has 0 aliphatic heterocycles. The van der Waals surface area contributed by atoms with Crippen molar-refractivity contribution in [3.05, 3.63) is 70.5 Å². The molecule has 3 rings (SSSR count). The van der Waals surface area contributed by atoms with Gasteiger partial charge in [-0.05, 0) is 49.6 Å². The van der Waals surface area contributed by atoms with Gasteiger partial charge in [0.2, 0.25) is 0 Å². The van der Waals surface area contributed by atoms with Gasteiger partial charge in [-0.3, -0.25) is 9.28 Å². The third kappa shape index (κ3) is 3.87. The number of hydrogen-bond donors (Lipinski definition) is 0. The minimum Gasteiger partial charge on any atom is -1.00 e. The number of rotatable bonds is 5. The monoisotopic (exact) mass is 398 g/mol. The third-order valence-corrected chi connectivity index (χ3v) is 5.71. The van der Waals surface area contributed by atoms with Crippen LogP contribution in [0, 0.1) is 20.8 Å². The van der Waals surface area contributed by atoms with Crippen LogP contribution in [0.3, 0.4) is 0 Å². The number of carbonyl (C=O) groups is 1. The zero-order valence-electron chi connectivity index (χ0n) is 18.0. The van der Waals surface area contributed by atoms with Gasteiger partial charge < -0.3 is 16.8 Å².